The maximum absolute atomic E-state index is 12.6. The van der Waals surface area contributed by atoms with Gasteiger partial charge in [0, 0.05) is 32.0 Å². The first-order valence-electron chi connectivity index (χ1n) is 9.04. The third-order valence-corrected chi connectivity index (χ3v) is 6.51. The summed E-state index contributed by atoms with van der Waals surface area (Å²) in [5.74, 6) is 1.16. The van der Waals surface area contributed by atoms with Crippen molar-refractivity contribution >= 4 is 15.7 Å². The molecule has 1 unspecified atom stereocenters. The molecule has 1 atom stereocenters. The molecular formula is C18H26N2O5S. The molecule has 3 rings (SSSR count). The van der Waals surface area contributed by atoms with Gasteiger partial charge in [0.05, 0.1) is 23.9 Å². The molecule has 1 amide bonds. The lowest BCUT2D eigenvalue weighted by Gasteiger charge is -2.16. The molecule has 2 aliphatic rings. The number of hydrogen-bond acceptors (Lipinski definition) is 6. The summed E-state index contributed by atoms with van der Waals surface area (Å²) in [7, 11) is -1.65. The van der Waals surface area contributed by atoms with E-state index in [2.05, 4.69) is 5.32 Å². The van der Waals surface area contributed by atoms with E-state index in [4.69, 9.17) is 9.47 Å². The number of fused-ring (bicyclic) bond motifs is 1. The quantitative estimate of drug-likeness (QED) is 0.793. The second-order valence-electron chi connectivity index (χ2n) is 6.78. The molecule has 1 fully saturated rings. The van der Waals surface area contributed by atoms with Crippen molar-refractivity contribution in [2.75, 3.05) is 45.6 Å². The lowest BCUT2D eigenvalue weighted by molar-refractivity contribution is -0.129. The number of benzene rings is 1. The second kappa shape index (κ2) is 8.26. The summed E-state index contributed by atoms with van der Waals surface area (Å²) in [5.41, 5.74) is 0. The minimum Gasteiger partial charge on any atom is -0.490 e. The van der Waals surface area contributed by atoms with Gasteiger partial charge in [0.2, 0.25) is 5.91 Å². The number of likely N-dealkylation sites (tertiary alicyclic amines) is 1. The lowest BCUT2D eigenvalue weighted by Crippen LogP contribution is -2.31. The van der Waals surface area contributed by atoms with Crippen molar-refractivity contribution in [2.45, 2.75) is 24.2 Å². The summed E-state index contributed by atoms with van der Waals surface area (Å²) >= 11 is 0. The highest BCUT2D eigenvalue weighted by Gasteiger charge is 2.27. The normalized spacial score (nSPS) is 20.0. The Bertz CT molecular complexity index is 750. The van der Waals surface area contributed by atoms with E-state index in [1.165, 1.54) is 12.1 Å². The van der Waals surface area contributed by atoms with Crippen molar-refractivity contribution < 1.29 is 22.7 Å². The Morgan fingerprint density at radius 1 is 1.27 bits per heavy atom. The number of nitrogens with one attached hydrogen (secondary N) is 1. The van der Waals surface area contributed by atoms with Gasteiger partial charge in [-0.05, 0) is 38.1 Å². The molecule has 1 N–H and O–H groups in total. The predicted octanol–water partition coefficient (Wildman–Crippen LogP) is 1.08. The van der Waals surface area contributed by atoms with E-state index in [0.29, 0.717) is 43.7 Å². The Kier molecular flexibility index (Phi) is 6.03. The van der Waals surface area contributed by atoms with Crippen LogP contribution in [0.25, 0.3) is 0 Å². The monoisotopic (exact) mass is 382 g/mol. The first kappa shape index (κ1) is 19.0. The Morgan fingerprint density at radius 3 is 2.81 bits per heavy atom. The van der Waals surface area contributed by atoms with Crippen LogP contribution in [0.4, 0.5) is 0 Å². The number of ether oxygens (including phenoxy) is 2. The van der Waals surface area contributed by atoms with Gasteiger partial charge in [-0.15, -0.1) is 0 Å². The lowest BCUT2D eigenvalue weighted by atomic mass is 10.1. The van der Waals surface area contributed by atoms with E-state index >= 15 is 0 Å². The largest absolute Gasteiger partial charge is 0.490 e. The summed E-state index contributed by atoms with van der Waals surface area (Å²) in [4.78, 5) is 14.3. The molecule has 144 valence electrons. The minimum absolute atomic E-state index is 0.00302. The van der Waals surface area contributed by atoms with E-state index in [-0.39, 0.29) is 23.0 Å². The average molecular weight is 382 g/mol. The molecule has 26 heavy (non-hydrogen) atoms. The van der Waals surface area contributed by atoms with E-state index in [0.717, 1.165) is 19.4 Å². The Labute approximate surface area is 154 Å². The fourth-order valence-electron chi connectivity index (χ4n) is 3.35. The van der Waals surface area contributed by atoms with Crippen molar-refractivity contribution in [1.82, 2.24) is 10.2 Å². The van der Waals surface area contributed by atoms with Crippen LogP contribution in [0.5, 0.6) is 11.5 Å². The molecule has 1 saturated heterocycles. The molecule has 7 nitrogen and oxygen atoms in total. The third-order valence-electron chi connectivity index (χ3n) is 4.79. The van der Waals surface area contributed by atoms with Crippen molar-refractivity contribution in [3.05, 3.63) is 18.2 Å². The Morgan fingerprint density at radius 2 is 2.04 bits per heavy atom. The SMILES string of the molecule is CNCC1CCN(C(=O)CCS(=O)(=O)c2ccc3c(c2)OCCCO3)C1. The van der Waals surface area contributed by atoms with E-state index in [1.807, 2.05) is 7.05 Å². The van der Waals surface area contributed by atoms with Crippen LogP contribution in [0.3, 0.4) is 0 Å². The summed E-state index contributed by atoms with van der Waals surface area (Å²) in [5, 5.41) is 3.12. The topological polar surface area (TPSA) is 84.9 Å². The van der Waals surface area contributed by atoms with Crippen LogP contribution in [0, 0.1) is 5.92 Å². The first-order valence-corrected chi connectivity index (χ1v) is 10.7. The highest BCUT2D eigenvalue weighted by Crippen LogP contribution is 2.32. The molecule has 1 aromatic rings. The molecule has 1 aromatic carbocycles. The summed E-state index contributed by atoms with van der Waals surface area (Å²) in [6.45, 7) is 3.33. The number of nitrogens with zero attached hydrogens (tertiary/aromatic N) is 1. The van der Waals surface area contributed by atoms with E-state index in [9.17, 15) is 13.2 Å². The van der Waals surface area contributed by atoms with Gasteiger partial charge < -0.3 is 19.7 Å². The summed E-state index contributed by atoms with van der Waals surface area (Å²) in [6, 6.07) is 4.64. The van der Waals surface area contributed by atoms with Crippen molar-refractivity contribution in [2.24, 2.45) is 5.92 Å². The maximum Gasteiger partial charge on any atom is 0.223 e. The first-order chi connectivity index (χ1) is 12.5. The smallest absolute Gasteiger partial charge is 0.223 e. The van der Waals surface area contributed by atoms with Crippen LogP contribution in [-0.4, -0.2) is 64.9 Å². The Hall–Kier alpha value is -1.80. The summed E-state index contributed by atoms with van der Waals surface area (Å²) < 4.78 is 36.3. The fraction of sp³-hybridized carbons (Fsp3) is 0.611. The molecule has 2 heterocycles. The fourth-order valence-corrected chi connectivity index (χ4v) is 4.59. The van der Waals surface area contributed by atoms with Crippen LogP contribution in [-0.2, 0) is 14.6 Å². The van der Waals surface area contributed by atoms with Crippen molar-refractivity contribution in [3.8, 4) is 11.5 Å². The summed E-state index contributed by atoms with van der Waals surface area (Å²) in [6.07, 6.45) is 1.72. The molecule has 0 aromatic heterocycles. The van der Waals surface area contributed by atoms with E-state index < -0.39 is 9.84 Å². The third kappa shape index (κ3) is 4.48. The average Bonchev–Trinajstić information content (AvgIpc) is 2.96. The molecule has 0 radical (unpaired) electrons. The number of carbonyl (C=O) groups is 1. The predicted molar refractivity (Wildman–Crippen MR) is 97.3 cm³/mol. The maximum atomic E-state index is 12.6. The van der Waals surface area contributed by atoms with Gasteiger partial charge in [0.1, 0.15) is 0 Å². The van der Waals surface area contributed by atoms with Gasteiger partial charge in [-0.3, -0.25) is 4.79 Å². The molecule has 0 spiro atoms. The van der Waals surface area contributed by atoms with Crippen LogP contribution in [0.1, 0.15) is 19.3 Å². The Balaban J connectivity index is 1.60. The van der Waals surface area contributed by atoms with Gasteiger partial charge >= 0.3 is 0 Å². The minimum atomic E-state index is -3.55. The molecular weight excluding hydrogens is 356 g/mol. The standard InChI is InChI=1S/C18H26N2O5S/c1-19-12-14-5-7-20(13-14)18(21)6-10-26(22,23)15-3-4-16-17(11-15)25-9-2-8-24-16/h3-4,11,14,19H,2,5-10,12-13H2,1H3. The molecule has 2 aliphatic heterocycles. The van der Waals surface area contributed by atoms with Crippen LogP contribution >= 0.6 is 0 Å². The second-order valence-corrected chi connectivity index (χ2v) is 8.89. The van der Waals surface area contributed by atoms with Gasteiger partial charge in [-0.25, -0.2) is 8.42 Å². The van der Waals surface area contributed by atoms with Crippen LogP contribution < -0.4 is 14.8 Å². The van der Waals surface area contributed by atoms with Gasteiger partial charge in [0.15, 0.2) is 21.3 Å². The number of amides is 1. The van der Waals surface area contributed by atoms with Gasteiger partial charge in [0.25, 0.3) is 0 Å². The zero-order valence-corrected chi connectivity index (χ0v) is 15.9. The number of sulfone groups is 1. The van der Waals surface area contributed by atoms with Gasteiger partial charge in [-0.2, -0.15) is 0 Å². The number of hydrogen-bond donors (Lipinski definition) is 1. The highest BCUT2D eigenvalue weighted by atomic mass is 32.2. The van der Waals surface area contributed by atoms with Crippen molar-refractivity contribution in [1.29, 1.82) is 0 Å². The zero-order chi connectivity index (χ0) is 18.6. The van der Waals surface area contributed by atoms with Crippen LogP contribution in [0.15, 0.2) is 23.1 Å². The van der Waals surface area contributed by atoms with E-state index in [1.54, 1.807) is 11.0 Å². The van der Waals surface area contributed by atoms with Crippen molar-refractivity contribution in [3.63, 3.8) is 0 Å². The zero-order valence-electron chi connectivity index (χ0n) is 15.1. The molecule has 8 heteroatoms. The molecule has 0 aliphatic carbocycles. The van der Waals surface area contributed by atoms with Gasteiger partial charge in [-0.1, -0.05) is 0 Å². The number of rotatable bonds is 6. The highest BCUT2D eigenvalue weighted by molar-refractivity contribution is 7.91. The van der Waals surface area contributed by atoms with Crippen LogP contribution in [0.2, 0.25) is 0 Å². The number of carbonyl (C=O) groups excluding carboxylic acids is 1. The molecule has 0 bridgehead atoms. The molecule has 0 saturated carbocycles.